The summed E-state index contributed by atoms with van der Waals surface area (Å²) in [6.45, 7) is 6.98. The Morgan fingerprint density at radius 2 is 0.923 bits per heavy atom. The van der Waals surface area contributed by atoms with Gasteiger partial charge in [-0.15, -0.1) is 0 Å². The number of hydrogen-bond donors (Lipinski definition) is 0. The summed E-state index contributed by atoms with van der Waals surface area (Å²) >= 11 is -0.353. The molecule has 0 aliphatic heterocycles. The van der Waals surface area contributed by atoms with E-state index in [0.717, 1.165) is 0 Å². The quantitative estimate of drug-likeness (QED) is 0.508. The molecule has 0 heterocycles. The van der Waals surface area contributed by atoms with Crippen molar-refractivity contribution in [2.24, 2.45) is 0 Å². The van der Waals surface area contributed by atoms with E-state index >= 15 is 0 Å². The Morgan fingerprint density at radius 1 is 0.615 bits per heavy atom. The molecule has 0 aromatic rings. The van der Waals surface area contributed by atoms with Crippen molar-refractivity contribution in [3.8, 4) is 0 Å². The molecule has 0 saturated heterocycles. The van der Waals surface area contributed by atoms with Gasteiger partial charge in [0.1, 0.15) is 0 Å². The SMILES string of the molecule is CCCC[As](CCCC)CCCC. The normalized spacial score (nSPS) is 11.1. The first-order chi connectivity index (χ1) is 6.35. The zero-order valence-electron chi connectivity index (χ0n) is 9.81. The molecule has 0 radical (unpaired) electrons. The predicted octanol–water partition coefficient (Wildman–Crippen LogP) is 4.88. The van der Waals surface area contributed by atoms with Crippen molar-refractivity contribution in [2.75, 3.05) is 0 Å². The van der Waals surface area contributed by atoms with Crippen LogP contribution >= 0.6 is 0 Å². The van der Waals surface area contributed by atoms with Crippen molar-refractivity contribution in [3.63, 3.8) is 0 Å². The van der Waals surface area contributed by atoms with Gasteiger partial charge in [0.05, 0.1) is 0 Å². The molecule has 0 aromatic carbocycles. The van der Waals surface area contributed by atoms with Gasteiger partial charge in [-0.2, -0.15) is 0 Å². The Bertz CT molecular complexity index is 72.1. The van der Waals surface area contributed by atoms with Gasteiger partial charge in [-0.3, -0.25) is 0 Å². The standard InChI is InChI=1S/C12H27As/c1-4-7-10-13(11-8-5-2)12-9-6-3/h4-12H2,1-3H3. The summed E-state index contributed by atoms with van der Waals surface area (Å²) in [5.74, 6) is 0. The van der Waals surface area contributed by atoms with Crippen LogP contribution in [0.4, 0.5) is 0 Å². The van der Waals surface area contributed by atoms with Gasteiger partial charge in [0.2, 0.25) is 0 Å². The second-order valence-electron chi connectivity index (χ2n) is 3.90. The Balaban J connectivity index is 3.47. The van der Waals surface area contributed by atoms with Crippen LogP contribution in [0.2, 0.25) is 15.6 Å². The summed E-state index contributed by atoms with van der Waals surface area (Å²) in [4.78, 5) is 0. The van der Waals surface area contributed by atoms with Crippen molar-refractivity contribution >= 4 is 14.7 Å². The fraction of sp³-hybridized carbons (Fsp3) is 1.00. The molecular formula is C12H27As. The molecule has 0 aromatic heterocycles. The Hall–Kier alpha value is 0.558. The van der Waals surface area contributed by atoms with Crippen LogP contribution in [0.5, 0.6) is 0 Å². The topological polar surface area (TPSA) is 0 Å². The summed E-state index contributed by atoms with van der Waals surface area (Å²) in [5.41, 5.74) is 0. The van der Waals surface area contributed by atoms with Crippen LogP contribution in [0.3, 0.4) is 0 Å². The van der Waals surface area contributed by atoms with Gasteiger partial charge in [0, 0.05) is 0 Å². The second kappa shape index (κ2) is 10.6. The molecule has 0 saturated carbocycles. The van der Waals surface area contributed by atoms with E-state index in [9.17, 15) is 0 Å². The molecule has 0 aliphatic carbocycles. The molecule has 1 heteroatoms. The van der Waals surface area contributed by atoms with Crippen molar-refractivity contribution in [3.05, 3.63) is 0 Å². The summed E-state index contributed by atoms with van der Waals surface area (Å²) < 4.78 is 0. The van der Waals surface area contributed by atoms with E-state index in [4.69, 9.17) is 0 Å². The molecule has 0 aliphatic rings. The van der Waals surface area contributed by atoms with Crippen LogP contribution in [0.25, 0.3) is 0 Å². The van der Waals surface area contributed by atoms with Crippen molar-refractivity contribution in [1.82, 2.24) is 0 Å². The van der Waals surface area contributed by atoms with Crippen LogP contribution in [-0.4, -0.2) is 14.7 Å². The molecule has 80 valence electrons. The van der Waals surface area contributed by atoms with Crippen LogP contribution in [-0.2, 0) is 0 Å². The number of rotatable bonds is 9. The third-order valence-corrected chi connectivity index (χ3v) is 8.45. The average Bonchev–Trinajstić information content (AvgIpc) is 2.17. The maximum absolute atomic E-state index is 2.33. The Labute approximate surface area is 89.8 Å². The average molecular weight is 246 g/mol. The van der Waals surface area contributed by atoms with E-state index in [0.29, 0.717) is 0 Å². The first kappa shape index (κ1) is 13.6. The predicted molar refractivity (Wildman–Crippen MR) is 64.9 cm³/mol. The van der Waals surface area contributed by atoms with E-state index in [1.54, 1.807) is 15.6 Å². The third-order valence-electron chi connectivity index (χ3n) is 2.48. The zero-order valence-corrected chi connectivity index (χ0v) is 11.7. The van der Waals surface area contributed by atoms with Gasteiger partial charge in [0.15, 0.2) is 0 Å². The van der Waals surface area contributed by atoms with Crippen LogP contribution in [0, 0.1) is 0 Å². The minimum atomic E-state index is -0.353. The van der Waals surface area contributed by atoms with E-state index in [-0.39, 0.29) is 14.7 Å². The van der Waals surface area contributed by atoms with Crippen LogP contribution < -0.4 is 0 Å². The van der Waals surface area contributed by atoms with Gasteiger partial charge >= 0.3 is 89.6 Å². The molecule has 0 N–H and O–H groups in total. The monoisotopic (exact) mass is 246 g/mol. The molecule has 0 bridgehead atoms. The van der Waals surface area contributed by atoms with Crippen molar-refractivity contribution in [1.29, 1.82) is 0 Å². The first-order valence-electron chi connectivity index (χ1n) is 6.07. The molecule has 0 spiro atoms. The van der Waals surface area contributed by atoms with Crippen LogP contribution in [0.15, 0.2) is 0 Å². The Morgan fingerprint density at radius 3 is 1.15 bits per heavy atom. The van der Waals surface area contributed by atoms with E-state index < -0.39 is 0 Å². The van der Waals surface area contributed by atoms with E-state index in [2.05, 4.69) is 20.8 Å². The minimum absolute atomic E-state index is 0.353. The van der Waals surface area contributed by atoms with E-state index in [1.807, 2.05) is 0 Å². The second-order valence-corrected chi connectivity index (χ2v) is 9.53. The summed E-state index contributed by atoms with van der Waals surface area (Å²) in [6, 6.07) is 0. The maximum atomic E-state index is 2.33. The summed E-state index contributed by atoms with van der Waals surface area (Å²) in [5, 5.41) is 4.89. The fourth-order valence-electron chi connectivity index (χ4n) is 1.48. The molecular weight excluding hydrogens is 219 g/mol. The van der Waals surface area contributed by atoms with Crippen LogP contribution in [0.1, 0.15) is 59.3 Å². The molecule has 13 heavy (non-hydrogen) atoms. The van der Waals surface area contributed by atoms with Gasteiger partial charge in [-0.1, -0.05) is 0 Å². The molecule has 0 atom stereocenters. The summed E-state index contributed by atoms with van der Waals surface area (Å²) in [7, 11) is 0. The third kappa shape index (κ3) is 8.88. The number of unbranched alkanes of at least 4 members (excludes halogenated alkanes) is 3. The molecule has 0 unspecified atom stereocenters. The summed E-state index contributed by atoms with van der Waals surface area (Å²) in [6.07, 6.45) is 8.74. The van der Waals surface area contributed by atoms with Gasteiger partial charge in [-0.25, -0.2) is 0 Å². The molecule has 0 rings (SSSR count). The molecule has 0 nitrogen and oxygen atoms in total. The van der Waals surface area contributed by atoms with E-state index in [1.165, 1.54) is 38.5 Å². The van der Waals surface area contributed by atoms with Gasteiger partial charge < -0.3 is 0 Å². The van der Waals surface area contributed by atoms with Gasteiger partial charge in [-0.05, 0) is 0 Å². The van der Waals surface area contributed by atoms with Crippen molar-refractivity contribution in [2.45, 2.75) is 74.9 Å². The zero-order chi connectivity index (χ0) is 9.94. The first-order valence-corrected chi connectivity index (χ1v) is 10.1. The fourth-order valence-corrected chi connectivity index (χ4v) is 7.69. The van der Waals surface area contributed by atoms with Crippen molar-refractivity contribution < 1.29 is 0 Å². The molecule has 0 amide bonds. The Kier molecular flexibility index (Phi) is 11.1. The number of hydrogen-bond acceptors (Lipinski definition) is 0. The van der Waals surface area contributed by atoms with Gasteiger partial charge in [0.25, 0.3) is 0 Å². The molecule has 0 fully saturated rings.